The molecule has 0 amide bonds. The molecule has 0 saturated carbocycles. The van der Waals surface area contributed by atoms with Crippen molar-refractivity contribution in [2.45, 2.75) is 19.8 Å². The lowest BCUT2D eigenvalue weighted by atomic mass is 10.2. The quantitative estimate of drug-likeness (QED) is 0.657. The highest BCUT2D eigenvalue weighted by Crippen LogP contribution is 2.08. The minimum atomic E-state index is -0.187. The molecule has 0 atom stereocenters. The molecule has 0 fully saturated rings. The fourth-order valence-electron chi connectivity index (χ4n) is 1.66. The number of aromatic amines is 1. The smallest absolute Gasteiger partial charge is 0.252 e. The number of nitrogens with one attached hydrogen (secondary N) is 2. The summed E-state index contributed by atoms with van der Waals surface area (Å²) in [5.41, 5.74) is 4.18. The molecule has 1 aromatic carbocycles. The van der Waals surface area contributed by atoms with Crippen molar-refractivity contribution < 1.29 is 0 Å². The number of aryl methyl sites for hydroxylation is 1. The minimum absolute atomic E-state index is 0.187. The summed E-state index contributed by atoms with van der Waals surface area (Å²) in [6.07, 6.45) is 3.33. The predicted octanol–water partition coefficient (Wildman–Crippen LogP) is 2.82. The van der Waals surface area contributed by atoms with Crippen LogP contribution in [-0.2, 0) is 6.42 Å². The fraction of sp³-hybridized carbons (Fsp3) is 0.214. The van der Waals surface area contributed by atoms with E-state index in [2.05, 4.69) is 20.5 Å². The second kappa shape index (κ2) is 6.86. The monoisotopic (exact) mass is 290 g/mol. The van der Waals surface area contributed by atoms with Crippen LogP contribution in [0.4, 0.5) is 5.95 Å². The van der Waals surface area contributed by atoms with E-state index in [9.17, 15) is 4.79 Å². The van der Waals surface area contributed by atoms with Crippen LogP contribution in [0.2, 0.25) is 5.02 Å². The highest BCUT2D eigenvalue weighted by atomic mass is 35.5. The maximum Gasteiger partial charge on any atom is 0.252 e. The SMILES string of the molecule is CCCc1cc(=O)[nH]c(N/N=C/c2ccc(Cl)cc2)n1. The Morgan fingerprint density at radius 3 is 2.85 bits per heavy atom. The molecule has 5 nitrogen and oxygen atoms in total. The summed E-state index contributed by atoms with van der Waals surface area (Å²) in [5, 5.41) is 4.71. The zero-order valence-electron chi connectivity index (χ0n) is 11.1. The number of hydrogen-bond donors (Lipinski definition) is 2. The Kier molecular flexibility index (Phi) is 4.90. The molecular weight excluding hydrogens is 276 g/mol. The molecule has 104 valence electrons. The van der Waals surface area contributed by atoms with Gasteiger partial charge in [-0.15, -0.1) is 0 Å². The number of H-pyrrole nitrogens is 1. The number of hydrazone groups is 1. The van der Waals surface area contributed by atoms with Gasteiger partial charge >= 0.3 is 0 Å². The molecule has 6 heteroatoms. The standard InChI is InChI=1S/C14H15ClN4O/c1-2-3-12-8-13(20)18-14(17-12)19-16-9-10-4-6-11(15)7-5-10/h4-9H,2-3H2,1H3,(H2,17,18,19,20)/b16-9+. The molecule has 0 aliphatic carbocycles. The Balaban J connectivity index is 2.06. The molecule has 1 heterocycles. The molecule has 0 saturated heterocycles. The van der Waals surface area contributed by atoms with Crippen molar-refractivity contribution in [1.82, 2.24) is 9.97 Å². The van der Waals surface area contributed by atoms with Gasteiger partial charge in [0.2, 0.25) is 5.95 Å². The lowest BCUT2D eigenvalue weighted by Crippen LogP contribution is -2.11. The molecule has 0 aliphatic rings. The Bertz CT molecular complexity index is 649. The molecule has 0 radical (unpaired) electrons. The number of nitrogens with zero attached hydrogens (tertiary/aromatic N) is 2. The van der Waals surface area contributed by atoms with Gasteiger partial charge in [0.15, 0.2) is 0 Å². The lowest BCUT2D eigenvalue weighted by Gasteiger charge is -2.02. The first-order chi connectivity index (χ1) is 9.67. The molecule has 0 aliphatic heterocycles. The molecule has 1 aromatic heterocycles. The van der Waals surface area contributed by atoms with Gasteiger partial charge in [0.05, 0.1) is 6.21 Å². The first-order valence-corrected chi connectivity index (χ1v) is 6.70. The minimum Gasteiger partial charge on any atom is -0.291 e. The van der Waals surface area contributed by atoms with E-state index in [1.807, 2.05) is 19.1 Å². The summed E-state index contributed by atoms with van der Waals surface area (Å²) < 4.78 is 0. The van der Waals surface area contributed by atoms with Crippen molar-refractivity contribution >= 4 is 23.8 Å². The third-order valence-corrected chi connectivity index (χ3v) is 2.81. The zero-order valence-corrected chi connectivity index (χ0v) is 11.8. The molecule has 0 unspecified atom stereocenters. The van der Waals surface area contributed by atoms with Crippen molar-refractivity contribution in [2.75, 3.05) is 5.43 Å². The van der Waals surface area contributed by atoms with E-state index in [-0.39, 0.29) is 5.56 Å². The number of rotatable bonds is 5. The van der Waals surface area contributed by atoms with Crippen molar-refractivity contribution in [3.63, 3.8) is 0 Å². The van der Waals surface area contributed by atoms with Gasteiger partial charge in [0, 0.05) is 16.8 Å². The van der Waals surface area contributed by atoms with E-state index < -0.39 is 0 Å². The van der Waals surface area contributed by atoms with E-state index in [1.165, 1.54) is 6.07 Å². The van der Waals surface area contributed by atoms with Crippen LogP contribution >= 0.6 is 11.6 Å². The maximum atomic E-state index is 11.5. The molecule has 20 heavy (non-hydrogen) atoms. The van der Waals surface area contributed by atoms with Gasteiger partial charge in [0.1, 0.15) is 0 Å². The third-order valence-electron chi connectivity index (χ3n) is 2.55. The van der Waals surface area contributed by atoms with Crippen LogP contribution in [0.1, 0.15) is 24.6 Å². The van der Waals surface area contributed by atoms with Gasteiger partial charge in [-0.05, 0) is 24.1 Å². The first-order valence-electron chi connectivity index (χ1n) is 6.32. The average molecular weight is 291 g/mol. The largest absolute Gasteiger partial charge is 0.291 e. The van der Waals surface area contributed by atoms with E-state index in [0.29, 0.717) is 11.0 Å². The summed E-state index contributed by atoms with van der Waals surface area (Å²) in [6, 6.07) is 8.75. The van der Waals surface area contributed by atoms with Gasteiger partial charge in [-0.1, -0.05) is 37.1 Å². The summed E-state index contributed by atoms with van der Waals surface area (Å²) in [7, 11) is 0. The fourth-order valence-corrected chi connectivity index (χ4v) is 1.79. The van der Waals surface area contributed by atoms with Gasteiger partial charge in [-0.25, -0.2) is 10.4 Å². The van der Waals surface area contributed by atoms with Gasteiger partial charge in [-0.2, -0.15) is 5.10 Å². The van der Waals surface area contributed by atoms with Gasteiger partial charge in [-0.3, -0.25) is 9.78 Å². The van der Waals surface area contributed by atoms with Crippen molar-refractivity contribution in [3.8, 4) is 0 Å². The van der Waals surface area contributed by atoms with Crippen molar-refractivity contribution in [3.05, 3.63) is 57.0 Å². The highest BCUT2D eigenvalue weighted by Gasteiger charge is 1.99. The third kappa shape index (κ3) is 4.20. The summed E-state index contributed by atoms with van der Waals surface area (Å²) in [4.78, 5) is 18.3. The Morgan fingerprint density at radius 2 is 2.15 bits per heavy atom. The van der Waals surface area contributed by atoms with Gasteiger partial charge in [0.25, 0.3) is 5.56 Å². The Hall–Kier alpha value is -2.14. The Labute approximate surface area is 121 Å². The number of benzene rings is 1. The van der Waals surface area contributed by atoms with E-state index in [1.54, 1.807) is 18.3 Å². The van der Waals surface area contributed by atoms with Crippen LogP contribution in [-0.4, -0.2) is 16.2 Å². The predicted molar refractivity (Wildman–Crippen MR) is 81.5 cm³/mol. The van der Waals surface area contributed by atoms with Crippen molar-refractivity contribution in [1.29, 1.82) is 0 Å². The molecule has 2 N–H and O–H groups in total. The van der Waals surface area contributed by atoms with Crippen LogP contribution < -0.4 is 11.0 Å². The van der Waals surface area contributed by atoms with E-state index in [0.717, 1.165) is 24.1 Å². The van der Waals surface area contributed by atoms with Crippen LogP contribution in [0.15, 0.2) is 40.2 Å². The van der Waals surface area contributed by atoms with Crippen LogP contribution in [0.25, 0.3) is 0 Å². The summed E-state index contributed by atoms with van der Waals surface area (Å²) in [5.74, 6) is 0.339. The molecule has 2 rings (SSSR count). The van der Waals surface area contributed by atoms with Crippen LogP contribution in [0, 0.1) is 0 Å². The van der Waals surface area contributed by atoms with Crippen LogP contribution in [0.5, 0.6) is 0 Å². The van der Waals surface area contributed by atoms with Crippen LogP contribution in [0.3, 0.4) is 0 Å². The highest BCUT2D eigenvalue weighted by molar-refractivity contribution is 6.30. The normalized spacial score (nSPS) is 10.9. The van der Waals surface area contributed by atoms with Crippen molar-refractivity contribution in [2.24, 2.45) is 5.10 Å². The molecule has 2 aromatic rings. The zero-order chi connectivity index (χ0) is 14.4. The number of halogens is 1. The molecular formula is C14H15ClN4O. The average Bonchev–Trinajstić information content (AvgIpc) is 2.41. The summed E-state index contributed by atoms with van der Waals surface area (Å²) >= 11 is 5.80. The van der Waals surface area contributed by atoms with Gasteiger partial charge < -0.3 is 0 Å². The first kappa shape index (κ1) is 14.3. The second-order valence-corrected chi connectivity index (χ2v) is 4.69. The molecule has 0 bridgehead atoms. The van der Waals surface area contributed by atoms with E-state index in [4.69, 9.17) is 11.6 Å². The maximum absolute atomic E-state index is 11.5. The second-order valence-electron chi connectivity index (χ2n) is 4.26. The summed E-state index contributed by atoms with van der Waals surface area (Å²) in [6.45, 7) is 2.04. The number of anilines is 1. The van der Waals surface area contributed by atoms with E-state index >= 15 is 0 Å². The lowest BCUT2D eigenvalue weighted by molar-refractivity contribution is 0.867. The number of hydrogen-bond acceptors (Lipinski definition) is 4. The number of aromatic nitrogens is 2. The molecule has 0 spiro atoms. The topological polar surface area (TPSA) is 70.1 Å². The Morgan fingerprint density at radius 1 is 1.40 bits per heavy atom.